The van der Waals surface area contributed by atoms with Gasteiger partial charge in [-0.3, -0.25) is 4.79 Å². The SMILES string of the molecule is Cc1ccnc(NC(=O)c2cccc3cc[nH]c23)c1. The van der Waals surface area contributed by atoms with Crippen LogP contribution >= 0.6 is 0 Å². The number of amides is 1. The molecule has 0 saturated carbocycles. The summed E-state index contributed by atoms with van der Waals surface area (Å²) in [4.78, 5) is 19.5. The van der Waals surface area contributed by atoms with E-state index in [1.54, 1.807) is 12.3 Å². The van der Waals surface area contributed by atoms with Crippen molar-refractivity contribution < 1.29 is 4.79 Å². The molecule has 3 aromatic rings. The number of rotatable bonds is 2. The zero-order valence-electron chi connectivity index (χ0n) is 10.5. The summed E-state index contributed by atoms with van der Waals surface area (Å²) in [7, 11) is 0. The second-order valence-electron chi connectivity index (χ2n) is 4.42. The number of aromatic nitrogens is 2. The van der Waals surface area contributed by atoms with Gasteiger partial charge in [-0.25, -0.2) is 4.98 Å². The van der Waals surface area contributed by atoms with Gasteiger partial charge in [0.25, 0.3) is 5.91 Å². The average Bonchev–Trinajstić information content (AvgIpc) is 2.86. The van der Waals surface area contributed by atoms with Crippen molar-refractivity contribution in [3.05, 3.63) is 59.9 Å². The van der Waals surface area contributed by atoms with Crippen LogP contribution in [-0.4, -0.2) is 15.9 Å². The number of H-pyrrole nitrogens is 1. The van der Waals surface area contributed by atoms with Crippen molar-refractivity contribution in [1.29, 1.82) is 0 Å². The molecule has 0 unspecified atom stereocenters. The number of fused-ring (bicyclic) bond motifs is 1. The Labute approximate surface area is 110 Å². The highest BCUT2D eigenvalue weighted by atomic mass is 16.1. The molecule has 0 aliphatic rings. The predicted octanol–water partition coefficient (Wildman–Crippen LogP) is 3.12. The quantitative estimate of drug-likeness (QED) is 0.735. The van der Waals surface area contributed by atoms with Crippen LogP contribution in [0.2, 0.25) is 0 Å². The van der Waals surface area contributed by atoms with E-state index in [2.05, 4.69) is 15.3 Å². The van der Waals surface area contributed by atoms with Crippen LogP contribution in [0.5, 0.6) is 0 Å². The standard InChI is InChI=1S/C15H13N3O/c1-10-5-7-16-13(9-10)18-15(19)12-4-2-3-11-6-8-17-14(11)12/h2-9,17H,1H3,(H,16,18,19). The number of anilines is 1. The molecule has 3 rings (SSSR count). The van der Waals surface area contributed by atoms with Crippen molar-refractivity contribution in [3.63, 3.8) is 0 Å². The lowest BCUT2D eigenvalue weighted by molar-refractivity contribution is 0.102. The predicted molar refractivity (Wildman–Crippen MR) is 75.2 cm³/mol. The van der Waals surface area contributed by atoms with Crippen molar-refractivity contribution in [3.8, 4) is 0 Å². The largest absolute Gasteiger partial charge is 0.361 e. The summed E-state index contributed by atoms with van der Waals surface area (Å²) in [5.41, 5.74) is 2.52. The molecule has 2 N–H and O–H groups in total. The van der Waals surface area contributed by atoms with E-state index in [9.17, 15) is 4.79 Å². The molecule has 0 saturated heterocycles. The van der Waals surface area contributed by atoms with Gasteiger partial charge < -0.3 is 10.3 Å². The van der Waals surface area contributed by atoms with E-state index in [1.807, 2.05) is 43.5 Å². The number of hydrogen-bond donors (Lipinski definition) is 2. The summed E-state index contributed by atoms with van der Waals surface area (Å²) in [6.45, 7) is 1.96. The lowest BCUT2D eigenvalue weighted by atomic mass is 10.1. The van der Waals surface area contributed by atoms with Gasteiger partial charge in [-0.15, -0.1) is 0 Å². The first-order valence-corrected chi connectivity index (χ1v) is 6.04. The summed E-state index contributed by atoms with van der Waals surface area (Å²) in [6.07, 6.45) is 3.51. The number of pyridine rings is 1. The molecule has 1 amide bonds. The van der Waals surface area contributed by atoms with Crippen molar-refractivity contribution in [1.82, 2.24) is 9.97 Å². The number of aryl methyl sites for hydroxylation is 1. The molecule has 2 aromatic heterocycles. The Kier molecular flexibility index (Phi) is 2.76. The van der Waals surface area contributed by atoms with Crippen LogP contribution in [-0.2, 0) is 0 Å². The first-order chi connectivity index (χ1) is 9.24. The summed E-state index contributed by atoms with van der Waals surface area (Å²) < 4.78 is 0. The van der Waals surface area contributed by atoms with Crippen LogP contribution in [0.25, 0.3) is 10.9 Å². The molecule has 0 fully saturated rings. The first-order valence-electron chi connectivity index (χ1n) is 6.04. The number of benzene rings is 1. The van der Waals surface area contributed by atoms with E-state index in [0.717, 1.165) is 16.5 Å². The van der Waals surface area contributed by atoms with Crippen molar-refractivity contribution in [2.24, 2.45) is 0 Å². The highest BCUT2D eigenvalue weighted by molar-refractivity contribution is 6.11. The normalized spacial score (nSPS) is 10.6. The minimum atomic E-state index is -0.161. The number of carbonyl (C=O) groups is 1. The minimum absolute atomic E-state index is 0.161. The lowest BCUT2D eigenvalue weighted by Crippen LogP contribution is -2.13. The number of hydrogen-bond acceptors (Lipinski definition) is 2. The van der Waals surface area contributed by atoms with E-state index < -0.39 is 0 Å². The average molecular weight is 251 g/mol. The van der Waals surface area contributed by atoms with E-state index in [-0.39, 0.29) is 5.91 Å². The smallest absolute Gasteiger partial charge is 0.258 e. The Morgan fingerprint density at radius 2 is 2.16 bits per heavy atom. The Bertz CT molecular complexity index is 746. The van der Waals surface area contributed by atoms with Crippen LogP contribution in [0, 0.1) is 6.92 Å². The van der Waals surface area contributed by atoms with Crippen LogP contribution in [0.4, 0.5) is 5.82 Å². The van der Waals surface area contributed by atoms with Gasteiger partial charge in [-0.2, -0.15) is 0 Å². The first kappa shape index (κ1) is 11.5. The monoisotopic (exact) mass is 251 g/mol. The van der Waals surface area contributed by atoms with E-state index >= 15 is 0 Å². The van der Waals surface area contributed by atoms with Crippen LogP contribution in [0.15, 0.2) is 48.8 Å². The summed E-state index contributed by atoms with van der Waals surface area (Å²) in [6, 6.07) is 11.3. The maximum Gasteiger partial charge on any atom is 0.258 e. The van der Waals surface area contributed by atoms with Gasteiger partial charge in [0.2, 0.25) is 0 Å². The molecule has 0 aliphatic carbocycles. The highest BCUT2D eigenvalue weighted by Gasteiger charge is 2.11. The fourth-order valence-electron chi connectivity index (χ4n) is 2.06. The molecule has 2 heterocycles. The number of nitrogens with one attached hydrogen (secondary N) is 2. The second kappa shape index (κ2) is 4.57. The van der Waals surface area contributed by atoms with Crippen molar-refractivity contribution in [2.45, 2.75) is 6.92 Å². The Balaban J connectivity index is 1.94. The molecule has 19 heavy (non-hydrogen) atoms. The van der Waals surface area contributed by atoms with Crippen LogP contribution in [0.1, 0.15) is 15.9 Å². The topological polar surface area (TPSA) is 57.8 Å². The number of para-hydroxylation sites is 1. The molecule has 94 valence electrons. The molecule has 4 heteroatoms. The van der Waals surface area contributed by atoms with Gasteiger partial charge in [0.1, 0.15) is 5.82 Å². The molecule has 0 bridgehead atoms. The van der Waals surface area contributed by atoms with Gasteiger partial charge in [0.05, 0.1) is 11.1 Å². The van der Waals surface area contributed by atoms with Gasteiger partial charge in [0, 0.05) is 17.8 Å². The number of nitrogens with zero attached hydrogens (tertiary/aromatic N) is 1. The molecule has 1 aromatic carbocycles. The third-order valence-electron chi connectivity index (χ3n) is 2.99. The summed E-state index contributed by atoms with van der Waals surface area (Å²) >= 11 is 0. The Hall–Kier alpha value is -2.62. The van der Waals surface area contributed by atoms with E-state index in [4.69, 9.17) is 0 Å². The molecule has 0 atom stereocenters. The fourth-order valence-corrected chi connectivity index (χ4v) is 2.06. The lowest BCUT2D eigenvalue weighted by Gasteiger charge is -2.06. The van der Waals surface area contributed by atoms with Gasteiger partial charge in [-0.05, 0) is 36.8 Å². The van der Waals surface area contributed by atoms with Gasteiger partial charge >= 0.3 is 0 Å². The molecule has 0 radical (unpaired) electrons. The Morgan fingerprint density at radius 1 is 1.26 bits per heavy atom. The third-order valence-corrected chi connectivity index (χ3v) is 2.99. The maximum atomic E-state index is 12.3. The second-order valence-corrected chi connectivity index (χ2v) is 4.42. The zero-order valence-corrected chi connectivity index (χ0v) is 10.5. The number of carbonyl (C=O) groups excluding carboxylic acids is 1. The van der Waals surface area contributed by atoms with Gasteiger partial charge in [0.15, 0.2) is 0 Å². The highest BCUT2D eigenvalue weighted by Crippen LogP contribution is 2.18. The molecular formula is C15H13N3O. The van der Waals surface area contributed by atoms with Crippen LogP contribution < -0.4 is 5.32 Å². The Morgan fingerprint density at radius 3 is 3.00 bits per heavy atom. The molecule has 4 nitrogen and oxygen atoms in total. The molecule has 0 spiro atoms. The van der Waals surface area contributed by atoms with Crippen LogP contribution in [0.3, 0.4) is 0 Å². The molecule has 0 aliphatic heterocycles. The molecular weight excluding hydrogens is 238 g/mol. The van der Waals surface area contributed by atoms with Gasteiger partial charge in [-0.1, -0.05) is 12.1 Å². The maximum absolute atomic E-state index is 12.3. The summed E-state index contributed by atoms with van der Waals surface area (Å²) in [5.74, 6) is 0.403. The zero-order chi connectivity index (χ0) is 13.2. The van der Waals surface area contributed by atoms with E-state index in [1.165, 1.54) is 0 Å². The number of aromatic amines is 1. The minimum Gasteiger partial charge on any atom is -0.361 e. The van der Waals surface area contributed by atoms with Crippen molar-refractivity contribution >= 4 is 22.6 Å². The summed E-state index contributed by atoms with van der Waals surface area (Å²) in [5, 5.41) is 3.83. The van der Waals surface area contributed by atoms with Crippen molar-refractivity contribution in [2.75, 3.05) is 5.32 Å². The third kappa shape index (κ3) is 2.20. The fraction of sp³-hybridized carbons (Fsp3) is 0.0667. The van der Waals surface area contributed by atoms with E-state index in [0.29, 0.717) is 11.4 Å².